The van der Waals surface area contributed by atoms with E-state index >= 15 is 0 Å². The summed E-state index contributed by atoms with van der Waals surface area (Å²) in [5, 5.41) is 0.371. The molecule has 0 amide bonds. The van der Waals surface area contributed by atoms with Crippen LogP contribution in [0.3, 0.4) is 0 Å². The number of hydrogen-bond acceptors (Lipinski definition) is 3. The molecule has 0 fully saturated rings. The van der Waals surface area contributed by atoms with Crippen LogP contribution >= 0.6 is 0 Å². The van der Waals surface area contributed by atoms with E-state index in [-0.39, 0.29) is 15.6 Å². The molecule has 2 aromatic rings. The van der Waals surface area contributed by atoms with Crippen LogP contribution in [0, 0.1) is 4.36 Å². The Bertz CT molecular complexity index is 749. The quantitative estimate of drug-likeness (QED) is 0.660. The number of fused-ring (bicyclic) bond motifs is 1. The molecular weight excluding hydrogens is 279 g/mol. The predicted octanol–water partition coefficient (Wildman–Crippen LogP) is 1.40. The van der Waals surface area contributed by atoms with Gasteiger partial charge in [0.2, 0.25) is 0 Å². The first kappa shape index (κ1) is 12.8. The summed E-state index contributed by atoms with van der Waals surface area (Å²) in [7, 11) is 0. The molecule has 2 rings (SSSR count). The first-order valence-corrected chi connectivity index (χ1v) is 6.00. The van der Waals surface area contributed by atoms with Crippen LogP contribution in [-0.4, -0.2) is 9.97 Å². The maximum absolute atomic E-state index is 11.9. The van der Waals surface area contributed by atoms with E-state index in [0.717, 1.165) is 12.8 Å². The van der Waals surface area contributed by atoms with Crippen molar-refractivity contribution >= 4 is 11.1 Å². The van der Waals surface area contributed by atoms with Gasteiger partial charge in [0.15, 0.2) is 0 Å². The first-order chi connectivity index (χ1) is 8.61. The average molecular weight is 291 g/mol. The maximum atomic E-state index is 11.9. The van der Waals surface area contributed by atoms with Crippen molar-refractivity contribution in [2.45, 2.75) is 19.3 Å². The van der Waals surface area contributed by atoms with E-state index in [0.29, 0.717) is 17.4 Å². The zero-order valence-electron chi connectivity index (χ0n) is 9.54. The summed E-state index contributed by atoms with van der Waals surface area (Å²) in [6, 6.07) is 1.35. The summed E-state index contributed by atoms with van der Waals surface area (Å²) >= 11 is 4.05. The summed E-state index contributed by atoms with van der Waals surface area (Å²) in [4.78, 5) is 28.5. The zero-order valence-corrected chi connectivity index (χ0v) is 10.6. The van der Waals surface area contributed by atoms with Gasteiger partial charge >= 0.3 is 109 Å². The molecule has 18 heavy (non-hydrogen) atoms. The second-order valence-electron chi connectivity index (χ2n) is 3.85. The van der Waals surface area contributed by atoms with Crippen LogP contribution in [0.5, 0.6) is 0 Å². The van der Waals surface area contributed by atoms with Crippen molar-refractivity contribution in [1.82, 2.24) is 9.97 Å². The van der Waals surface area contributed by atoms with E-state index < -0.39 is 5.63 Å². The SMILES string of the molecule is C=CCCCc1cc(=O)oc2[nH][c](=[Co])[nH]c(=O)c12. The Hall–Kier alpha value is -1.66. The molecule has 6 heteroatoms. The number of aromatic amines is 2. The van der Waals surface area contributed by atoms with Crippen LogP contribution in [-0.2, 0) is 21.7 Å². The van der Waals surface area contributed by atoms with Crippen molar-refractivity contribution in [3.05, 3.63) is 49.4 Å². The van der Waals surface area contributed by atoms with Crippen molar-refractivity contribution < 1.29 is 19.7 Å². The van der Waals surface area contributed by atoms with Crippen LogP contribution in [0.1, 0.15) is 18.4 Å². The average Bonchev–Trinajstić information content (AvgIpc) is 2.27. The molecule has 2 aromatic heterocycles. The Morgan fingerprint density at radius 1 is 1.39 bits per heavy atom. The molecule has 0 aliphatic heterocycles. The second kappa shape index (κ2) is 5.32. The molecule has 0 bridgehead atoms. The monoisotopic (exact) mass is 291 g/mol. The van der Waals surface area contributed by atoms with E-state index in [4.69, 9.17) is 4.42 Å². The number of H-pyrrole nitrogens is 2. The standard InChI is InChI=1S/C12H12N2O3.Co/c1-2-3-4-5-8-6-9(15)17-12-10(8)11(16)13-7-14-12;/h2,6,14H,1,3-5H2,(H,13,16);. The number of unbranched alkanes of at least 4 members (excludes halogenated alkanes) is 1. The normalized spacial score (nSPS) is 10.7. The molecule has 0 aliphatic carbocycles. The molecule has 0 atom stereocenters. The van der Waals surface area contributed by atoms with Gasteiger partial charge in [-0.3, -0.25) is 0 Å². The number of aromatic nitrogens is 2. The van der Waals surface area contributed by atoms with Crippen molar-refractivity contribution in [2.24, 2.45) is 0 Å². The Balaban J connectivity index is 2.64. The first-order valence-electron chi connectivity index (χ1n) is 5.48. The fourth-order valence-electron chi connectivity index (χ4n) is 1.80. The van der Waals surface area contributed by atoms with Gasteiger partial charge in [0.05, 0.1) is 0 Å². The molecule has 0 aliphatic rings. The Morgan fingerprint density at radius 3 is 2.89 bits per heavy atom. The molecule has 0 radical (unpaired) electrons. The number of aryl methyl sites for hydroxylation is 1. The summed E-state index contributed by atoms with van der Waals surface area (Å²) in [6.07, 6.45) is 4.07. The summed E-state index contributed by atoms with van der Waals surface area (Å²) in [5.41, 5.74) is 0.0326. The summed E-state index contributed by atoms with van der Waals surface area (Å²) in [6.45, 7) is 3.64. The molecule has 0 saturated heterocycles. The number of hydrogen-bond donors (Lipinski definition) is 2. The minimum absolute atomic E-state index is 0.156. The molecule has 0 spiro atoms. The van der Waals surface area contributed by atoms with E-state index in [1.54, 1.807) is 6.08 Å². The predicted molar refractivity (Wildman–Crippen MR) is 63.8 cm³/mol. The van der Waals surface area contributed by atoms with E-state index in [2.05, 4.69) is 31.8 Å². The Kier molecular flexibility index (Phi) is 3.78. The van der Waals surface area contributed by atoms with Gasteiger partial charge in [-0.1, -0.05) is 0 Å². The topological polar surface area (TPSA) is 78.9 Å². The van der Waals surface area contributed by atoms with E-state index in [9.17, 15) is 9.59 Å². The zero-order chi connectivity index (χ0) is 13.1. The van der Waals surface area contributed by atoms with Gasteiger partial charge < -0.3 is 0 Å². The molecule has 0 aromatic carbocycles. The third-order valence-electron chi connectivity index (χ3n) is 2.56. The minimum atomic E-state index is -0.482. The van der Waals surface area contributed by atoms with Crippen LogP contribution in [0.15, 0.2) is 32.7 Å². The third kappa shape index (κ3) is 2.60. The van der Waals surface area contributed by atoms with Crippen molar-refractivity contribution in [3.63, 3.8) is 0 Å². The number of rotatable bonds is 4. The van der Waals surface area contributed by atoms with Crippen molar-refractivity contribution in [2.75, 3.05) is 0 Å². The molecule has 2 N–H and O–H groups in total. The number of nitrogens with one attached hydrogen (secondary N) is 2. The molecule has 97 valence electrons. The van der Waals surface area contributed by atoms with E-state index in [1.807, 2.05) is 0 Å². The van der Waals surface area contributed by atoms with Crippen LogP contribution < -0.4 is 11.2 Å². The fourth-order valence-corrected chi connectivity index (χ4v) is 2.03. The van der Waals surface area contributed by atoms with Crippen molar-refractivity contribution in [3.8, 4) is 0 Å². The van der Waals surface area contributed by atoms with Gasteiger partial charge in [-0.2, -0.15) is 0 Å². The van der Waals surface area contributed by atoms with Gasteiger partial charge in [-0.25, -0.2) is 0 Å². The van der Waals surface area contributed by atoms with Gasteiger partial charge in [0, 0.05) is 0 Å². The molecule has 5 nitrogen and oxygen atoms in total. The van der Waals surface area contributed by atoms with Crippen molar-refractivity contribution in [1.29, 1.82) is 0 Å². The Morgan fingerprint density at radius 2 is 2.17 bits per heavy atom. The molecule has 0 saturated carbocycles. The summed E-state index contributed by atoms with van der Waals surface area (Å²) < 4.78 is 5.21. The van der Waals surface area contributed by atoms with Gasteiger partial charge in [0.1, 0.15) is 0 Å². The Labute approximate surface area is 110 Å². The second-order valence-corrected chi connectivity index (χ2v) is 4.37. The molecule has 0 unspecified atom stereocenters. The summed E-state index contributed by atoms with van der Waals surface area (Å²) in [5.74, 6) is 0. The number of allylic oxidation sites excluding steroid dienone is 1. The van der Waals surface area contributed by atoms with E-state index in [1.165, 1.54) is 6.07 Å². The molecular formula is C12H12CoN2O3. The van der Waals surface area contributed by atoms with Gasteiger partial charge in [-0.05, 0) is 0 Å². The third-order valence-corrected chi connectivity index (χ3v) is 2.82. The van der Waals surface area contributed by atoms with Crippen LogP contribution in [0.4, 0.5) is 0 Å². The molecule has 2 heterocycles. The van der Waals surface area contributed by atoms with Gasteiger partial charge in [-0.15, -0.1) is 0 Å². The van der Waals surface area contributed by atoms with Gasteiger partial charge in [0.25, 0.3) is 0 Å². The van der Waals surface area contributed by atoms with Crippen LogP contribution in [0.2, 0.25) is 0 Å². The fraction of sp³-hybridized carbons (Fsp3) is 0.250. The van der Waals surface area contributed by atoms with Crippen LogP contribution in [0.25, 0.3) is 11.1 Å².